The van der Waals surface area contributed by atoms with E-state index >= 15 is 0 Å². The van der Waals surface area contributed by atoms with Gasteiger partial charge in [0.15, 0.2) is 0 Å². The molecule has 1 nitrogen and oxygen atoms in total. The van der Waals surface area contributed by atoms with Crippen LogP contribution in [0.3, 0.4) is 0 Å². The number of hydrogen-bond acceptors (Lipinski definition) is 0. The summed E-state index contributed by atoms with van der Waals surface area (Å²) in [5, 5.41) is 0. The van der Waals surface area contributed by atoms with Crippen LogP contribution in [0.4, 0.5) is 5.69 Å². The zero-order chi connectivity index (χ0) is 21.3. The van der Waals surface area contributed by atoms with E-state index in [2.05, 4.69) is 74.5 Å². The van der Waals surface area contributed by atoms with E-state index in [1.165, 1.54) is 38.9 Å². The summed E-state index contributed by atoms with van der Waals surface area (Å²) in [5.41, 5.74) is 20.9. The van der Waals surface area contributed by atoms with Crippen LogP contribution in [0.5, 0.6) is 0 Å². The van der Waals surface area contributed by atoms with E-state index in [1.807, 2.05) is 32.0 Å². The molecule has 33 heavy (non-hydrogen) atoms. The molecule has 0 radical (unpaired) electrons. The van der Waals surface area contributed by atoms with Gasteiger partial charge in [-0.1, -0.05) is 82.9 Å². The average Bonchev–Trinajstić information content (AvgIpc) is 3.12. The minimum Gasteiger partial charge on any atom is -1.00 e. The maximum atomic E-state index is 7.54. The summed E-state index contributed by atoms with van der Waals surface area (Å²) >= 11 is 0. The van der Waals surface area contributed by atoms with Crippen LogP contribution in [-0.4, -0.2) is 0 Å². The molecule has 4 heteroatoms. The van der Waals surface area contributed by atoms with Crippen LogP contribution in [0.1, 0.15) is 33.4 Å². The van der Waals surface area contributed by atoms with Crippen molar-refractivity contribution in [1.82, 2.24) is 0 Å². The number of benzene rings is 4. The van der Waals surface area contributed by atoms with Crippen LogP contribution in [0.2, 0.25) is 0 Å². The monoisotopic (exact) mass is 507 g/mol. The van der Waals surface area contributed by atoms with E-state index in [9.17, 15) is 0 Å². The number of hydrogen-bond donors (Lipinski definition) is 0. The van der Waals surface area contributed by atoms with Crippen molar-refractivity contribution in [2.24, 2.45) is 0 Å². The van der Waals surface area contributed by atoms with Gasteiger partial charge < -0.3 is 30.5 Å². The van der Waals surface area contributed by atoms with Gasteiger partial charge in [-0.05, 0) is 49.4 Å². The van der Waals surface area contributed by atoms with E-state index in [0.29, 0.717) is 5.69 Å². The summed E-state index contributed by atoms with van der Waals surface area (Å²) in [6, 6.07) is 27.8. The Morgan fingerprint density at radius 1 is 0.667 bits per heavy atom. The number of nitrogens with one attached hydrogen (secondary N) is 1. The number of halogens is 2. The molecule has 0 aromatic heterocycles. The van der Waals surface area contributed by atoms with Gasteiger partial charge in [-0.3, -0.25) is 0 Å². The molecule has 1 aliphatic carbocycles. The van der Waals surface area contributed by atoms with Crippen molar-refractivity contribution in [3.05, 3.63) is 125 Å². The maximum absolute atomic E-state index is 7.54. The fourth-order valence-electron chi connectivity index (χ4n) is 4.37. The summed E-state index contributed by atoms with van der Waals surface area (Å²) in [7, 11) is 0. The first-order chi connectivity index (χ1) is 14.5. The maximum Gasteiger partial charge on any atom is 2.00 e. The minimum atomic E-state index is 0. The number of aryl methyl sites for hydroxylation is 3. The van der Waals surface area contributed by atoms with Gasteiger partial charge >= 0.3 is 21.7 Å². The van der Waals surface area contributed by atoms with Crippen molar-refractivity contribution in [2.75, 3.05) is 0 Å². The summed E-state index contributed by atoms with van der Waals surface area (Å²) in [5.74, 6) is 0. The molecule has 4 aromatic rings. The molecular weight excluding hydrogens is 481 g/mol. The Bertz CT molecular complexity index is 1210. The third-order valence-electron chi connectivity index (χ3n) is 5.84. The second-order valence-corrected chi connectivity index (χ2v) is 8.10. The molecule has 0 atom stereocenters. The molecule has 0 spiro atoms. The smallest absolute Gasteiger partial charge is 1.00 e. The fourth-order valence-corrected chi connectivity index (χ4v) is 4.37. The summed E-state index contributed by atoms with van der Waals surface area (Å²) < 4.78 is 0. The molecule has 0 heterocycles. The Hall–Kier alpha value is -2.16. The van der Waals surface area contributed by atoms with E-state index in [0.717, 1.165) is 23.1 Å². The first kappa shape index (κ1) is 28.9. The van der Waals surface area contributed by atoms with Crippen LogP contribution < -0.4 is 24.8 Å². The van der Waals surface area contributed by atoms with Gasteiger partial charge in [-0.25, -0.2) is 0 Å². The van der Waals surface area contributed by atoms with Crippen LogP contribution in [0.15, 0.2) is 78.9 Å². The van der Waals surface area contributed by atoms with Crippen molar-refractivity contribution < 1.29 is 46.5 Å². The zero-order valence-electron chi connectivity index (χ0n) is 19.2. The Balaban J connectivity index is 0.000000364. The van der Waals surface area contributed by atoms with Crippen molar-refractivity contribution in [3.8, 4) is 22.3 Å². The first-order valence-corrected chi connectivity index (χ1v) is 10.4. The van der Waals surface area contributed by atoms with Gasteiger partial charge in [0.2, 0.25) is 0 Å². The van der Waals surface area contributed by atoms with Crippen LogP contribution in [0, 0.1) is 27.7 Å². The van der Waals surface area contributed by atoms with Crippen molar-refractivity contribution >= 4 is 5.69 Å². The van der Waals surface area contributed by atoms with Crippen molar-refractivity contribution in [3.63, 3.8) is 0 Å². The summed E-state index contributed by atoms with van der Waals surface area (Å²) in [6.07, 6.45) is 1.02. The van der Waals surface area contributed by atoms with Crippen LogP contribution in [0.25, 0.3) is 28.0 Å². The number of fused-ring (bicyclic) bond motifs is 3. The average molecular weight is 508 g/mol. The van der Waals surface area contributed by atoms with E-state index in [-0.39, 0.29) is 46.5 Å². The standard InChI is InChI=1S/C20H15.C9H12N.2ClH.Ti/c1-14-7-2-4-9-16(14)18-11-6-12-19-17-10-5-3-8-15(17)13-20(18)19;1-6-4-7(2)9(10)8(3)5-6;;;/h2-12H,1,13H2;4-5,10H,1-3H3;2*1H;/q2*-1;;;+2/p-2. The molecule has 168 valence electrons. The Morgan fingerprint density at radius 2 is 1.15 bits per heavy atom. The third-order valence-corrected chi connectivity index (χ3v) is 5.84. The van der Waals surface area contributed by atoms with Gasteiger partial charge in [0.1, 0.15) is 0 Å². The van der Waals surface area contributed by atoms with Gasteiger partial charge in [0.25, 0.3) is 0 Å². The Labute approximate surface area is 225 Å². The molecule has 1 N–H and O–H groups in total. The normalized spacial score (nSPS) is 10.3. The largest absolute Gasteiger partial charge is 2.00 e. The first-order valence-electron chi connectivity index (χ1n) is 10.4. The van der Waals surface area contributed by atoms with Crippen LogP contribution >= 0.6 is 0 Å². The number of rotatable bonds is 1. The molecule has 4 aromatic carbocycles. The second-order valence-electron chi connectivity index (χ2n) is 8.10. The fraction of sp³-hybridized carbons (Fsp3) is 0.138. The van der Waals surface area contributed by atoms with Crippen LogP contribution in [-0.2, 0) is 28.1 Å². The second kappa shape index (κ2) is 12.3. The molecule has 0 saturated carbocycles. The molecule has 0 fully saturated rings. The summed E-state index contributed by atoms with van der Waals surface area (Å²) in [6.45, 7) is 10.2. The predicted molar refractivity (Wildman–Crippen MR) is 129 cm³/mol. The topological polar surface area (TPSA) is 23.8 Å². The minimum absolute atomic E-state index is 0. The van der Waals surface area contributed by atoms with E-state index < -0.39 is 0 Å². The molecule has 0 bridgehead atoms. The van der Waals surface area contributed by atoms with Crippen molar-refractivity contribution in [1.29, 1.82) is 0 Å². The van der Waals surface area contributed by atoms with E-state index in [1.54, 1.807) is 0 Å². The Kier molecular flexibility index (Phi) is 10.8. The third kappa shape index (κ3) is 6.05. The molecule has 0 unspecified atom stereocenters. The molecule has 5 rings (SSSR count). The molecule has 0 saturated heterocycles. The van der Waals surface area contributed by atoms with Gasteiger partial charge in [0, 0.05) is 0 Å². The molecule has 0 amide bonds. The van der Waals surface area contributed by atoms with Gasteiger partial charge in [0.05, 0.1) is 0 Å². The quantitative estimate of drug-likeness (QED) is 0.246. The van der Waals surface area contributed by atoms with Gasteiger partial charge in [-0.15, -0.1) is 23.4 Å². The predicted octanol–water partition coefficient (Wildman–Crippen LogP) is 2.41. The SMILES string of the molecule is Cc1cc(C)c([NH-])c(C)c1.[CH2-]c1ccccc1-c1cccc2c1Cc1ccccc1-2.[Cl-].[Cl-].[Ti+2]. The zero-order valence-corrected chi connectivity index (χ0v) is 22.2. The van der Waals surface area contributed by atoms with E-state index in [4.69, 9.17) is 5.73 Å². The molecule has 1 aliphatic rings. The van der Waals surface area contributed by atoms with Gasteiger partial charge in [-0.2, -0.15) is 18.6 Å². The summed E-state index contributed by atoms with van der Waals surface area (Å²) in [4.78, 5) is 0. The molecule has 0 aliphatic heterocycles. The Morgan fingerprint density at radius 3 is 1.76 bits per heavy atom. The van der Waals surface area contributed by atoms with Crippen molar-refractivity contribution in [2.45, 2.75) is 27.2 Å². The molecular formula is C29H27Cl2NTi-2.